The van der Waals surface area contributed by atoms with Gasteiger partial charge in [-0.3, -0.25) is 4.79 Å². The van der Waals surface area contributed by atoms with Crippen LogP contribution in [0.1, 0.15) is 26.6 Å². The fourth-order valence-corrected chi connectivity index (χ4v) is 0.809. The molecule has 0 radical (unpaired) electrons. The van der Waals surface area contributed by atoms with E-state index in [0.717, 1.165) is 0 Å². The molecule has 5 heteroatoms. The SMILES string of the molecule is CC(C)(C)C(=O)Cc1nnc(N)[nH]1. The van der Waals surface area contributed by atoms with Gasteiger partial charge in [-0.1, -0.05) is 20.8 Å². The topological polar surface area (TPSA) is 84.7 Å². The summed E-state index contributed by atoms with van der Waals surface area (Å²) in [6, 6.07) is 0. The van der Waals surface area contributed by atoms with Crippen LogP contribution in [-0.4, -0.2) is 21.0 Å². The van der Waals surface area contributed by atoms with Crippen molar-refractivity contribution in [2.75, 3.05) is 5.73 Å². The second-order valence-corrected chi connectivity index (χ2v) is 4.01. The molecule has 0 atom stereocenters. The van der Waals surface area contributed by atoms with E-state index in [1.165, 1.54) is 0 Å². The highest BCUT2D eigenvalue weighted by Gasteiger charge is 2.22. The molecule has 0 amide bonds. The molecule has 1 aromatic heterocycles. The molecule has 0 aliphatic rings. The number of nitrogens with one attached hydrogen (secondary N) is 1. The number of rotatable bonds is 2. The van der Waals surface area contributed by atoms with Gasteiger partial charge in [0.05, 0.1) is 6.42 Å². The summed E-state index contributed by atoms with van der Waals surface area (Å²) in [5.41, 5.74) is 4.98. The molecule has 0 aliphatic carbocycles. The van der Waals surface area contributed by atoms with Crippen LogP contribution in [0.4, 0.5) is 5.95 Å². The van der Waals surface area contributed by atoms with Gasteiger partial charge < -0.3 is 10.7 Å². The lowest BCUT2D eigenvalue weighted by Crippen LogP contribution is -2.22. The minimum atomic E-state index is -0.346. The number of ketones is 1. The van der Waals surface area contributed by atoms with Crippen LogP contribution in [0.3, 0.4) is 0 Å². The van der Waals surface area contributed by atoms with Crippen LogP contribution >= 0.6 is 0 Å². The largest absolute Gasteiger partial charge is 0.368 e. The lowest BCUT2D eigenvalue weighted by Gasteiger charge is -2.14. The van der Waals surface area contributed by atoms with Gasteiger partial charge in [-0.25, -0.2) is 0 Å². The van der Waals surface area contributed by atoms with Gasteiger partial charge in [-0.2, -0.15) is 0 Å². The Hall–Kier alpha value is -1.39. The van der Waals surface area contributed by atoms with Crippen LogP contribution < -0.4 is 5.73 Å². The number of nitrogens with zero attached hydrogens (tertiary/aromatic N) is 2. The van der Waals surface area contributed by atoms with Gasteiger partial charge in [0.25, 0.3) is 0 Å². The first-order valence-electron chi connectivity index (χ1n) is 4.10. The van der Waals surface area contributed by atoms with Gasteiger partial charge >= 0.3 is 0 Å². The molecule has 13 heavy (non-hydrogen) atoms. The molecule has 0 saturated heterocycles. The van der Waals surface area contributed by atoms with Crippen LogP contribution in [0.2, 0.25) is 0 Å². The van der Waals surface area contributed by atoms with Gasteiger partial charge in [0.2, 0.25) is 5.95 Å². The molecule has 1 aromatic rings. The van der Waals surface area contributed by atoms with E-state index < -0.39 is 0 Å². The van der Waals surface area contributed by atoms with Crippen LogP contribution in [0.25, 0.3) is 0 Å². The van der Waals surface area contributed by atoms with Gasteiger partial charge in [-0.15, -0.1) is 10.2 Å². The molecule has 5 nitrogen and oxygen atoms in total. The van der Waals surface area contributed by atoms with E-state index >= 15 is 0 Å². The first-order chi connectivity index (χ1) is 5.89. The number of carbonyl (C=O) groups excluding carboxylic acids is 1. The number of hydrogen-bond acceptors (Lipinski definition) is 4. The van der Waals surface area contributed by atoms with E-state index in [4.69, 9.17) is 5.73 Å². The number of H-pyrrole nitrogens is 1. The molecular weight excluding hydrogens is 168 g/mol. The molecule has 0 aromatic carbocycles. The number of carbonyl (C=O) groups is 1. The Kier molecular flexibility index (Phi) is 2.36. The lowest BCUT2D eigenvalue weighted by atomic mass is 9.89. The highest BCUT2D eigenvalue weighted by molar-refractivity contribution is 5.85. The van der Waals surface area contributed by atoms with E-state index in [9.17, 15) is 4.79 Å². The van der Waals surface area contributed by atoms with Gasteiger partial charge in [0.15, 0.2) is 0 Å². The number of aromatic amines is 1. The molecule has 1 heterocycles. The third-order valence-corrected chi connectivity index (χ3v) is 1.72. The fraction of sp³-hybridized carbons (Fsp3) is 0.625. The average Bonchev–Trinajstić information content (AvgIpc) is 2.33. The van der Waals surface area contributed by atoms with Crippen molar-refractivity contribution in [2.45, 2.75) is 27.2 Å². The minimum absolute atomic E-state index is 0.114. The molecule has 0 bridgehead atoms. The first-order valence-corrected chi connectivity index (χ1v) is 4.10. The lowest BCUT2D eigenvalue weighted by molar-refractivity contribution is -0.125. The van der Waals surface area contributed by atoms with Crippen molar-refractivity contribution in [1.29, 1.82) is 0 Å². The zero-order chi connectivity index (χ0) is 10.1. The first kappa shape index (κ1) is 9.70. The van der Waals surface area contributed by atoms with Crippen LogP contribution in [0.5, 0.6) is 0 Å². The van der Waals surface area contributed by atoms with Crippen LogP contribution in [0.15, 0.2) is 0 Å². The van der Waals surface area contributed by atoms with E-state index in [0.29, 0.717) is 5.82 Å². The summed E-state index contributed by atoms with van der Waals surface area (Å²) in [7, 11) is 0. The Balaban J connectivity index is 2.65. The van der Waals surface area contributed by atoms with Gasteiger partial charge in [-0.05, 0) is 0 Å². The van der Waals surface area contributed by atoms with Crippen molar-refractivity contribution in [3.05, 3.63) is 5.82 Å². The summed E-state index contributed by atoms with van der Waals surface area (Å²) in [4.78, 5) is 14.2. The zero-order valence-electron chi connectivity index (χ0n) is 8.09. The quantitative estimate of drug-likeness (QED) is 0.699. The Morgan fingerprint density at radius 2 is 2.08 bits per heavy atom. The minimum Gasteiger partial charge on any atom is -0.368 e. The molecular formula is C8H14N4O. The van der Waals surface area contributed by atoms with E-state index in [1.54, 1.807) is 0 Å². The van der Waals surface area contributed by atoms with Crippen LogP contribution in [-0.2, 0) is 11.2 Å². The molecule has 0 aliphatic heterocycles. The monoisotopic (exact) mass is 182 g/mol. The zero-order valence-corrected chi connectivity index (χ0v) is 8.09. The third kappa shape index (κ3) is 2.54. The molecule has 3 N–H and O–H groups in total. The summed E-state index contributed by atoms with van der Waals surface area (Å²) in [6.07, 6.45) is 0.258. The molecule has 0 unspecified atom stereocenters. The Labute approximate surface area is 76.7 Å². The standard InChI is InChI=1S/C8H14N4O/c1-8(2,3)5(13)4-6-10-7(9)12-11-6/h4H2,1-3H3,(H3,9,10,11,12). The molecule has 0 fully saturated rings. The molecule has 0 spiro atoms. The number of nitrogen functional groups attached to an aromatic ring is 1. The summed E-state index contributed by atoms with van der Waals surface area (Å²) in [5, 5.41) is 7.29. The predicted octanol–water partition coefficient (Wildman–Crippen LogP) is 0.545. The van der Waals surface area contributed by atoms with E-state index in [-0.39, 0.29) is 23.6 Å². The maximum absolute atomic E-state index is 11.5. The summed E-state index contributed by atoms with van der Waals surface area (Å²) < 4.78 is 0. The molecule has 1 rings (SSSR count). The normalized spacial score (nSPS) is 11.6. The van der Waals surface area contributed by atoms with Gasteiger partial charge in [0.1, 0.15) is 11.6 Å². The summed E-state index contributed by atoms with van der Waals surface area (Å²) in [6.45, 7) is 5.61. The Bertz CT molecular complexity index is 310. The van der Waals surface area contributed by atoms with Crippen molar-refractivity contribution >= 4 is 11.7 Å². The van der Waals surface area contributed by atoms with Gasteiger partial charge in [0, 0.05) is 5.41 Å². The third-order valence-electron chi connectivity index (χ3n) is 1.72. The van der Waals surface area contributed by atoms with Crippen molar-refractivity contribution in [1.82, 2.24) is 15.2 Å². The highest BCUT2D eigenvalue weighted by atomic mass is 16.1. The fourth-order valence-electron chi connectivity index (χ4n) is 0.809. The highest BCUT2D eigenvalue weighted by Crippen LogP contribution is 2.16. The smallest absolute Gasteiger partial charge is 0.219 e. The maximum Gasteiger partial charge on any atom is 0.219 e. The van der Waals surface area contributed by atoms with Crippen molar-refractivity contribution in [2.24, 2.45) is 5.41 Å². The molecule has 72 valence electrons. The van der Waals surface area contributed by atoms with E-state index in [1.807, 2.05) is 20.8 Å². The Morgan fingerprint density at radius 1 is 1.46 bits per heavy atom. The molecule has 0 saturated carbocycles. The second kappa shape index (κ2) is 3.16. The second-order valence-electron chi connectivity index (χ2n) is 4.01. The number of hydrogen-bond donors (Lipinski definition) is 2. The van der Waals surface area contributed by atoms with Crippen molar-refractivity contribution in [3.63, 3.8) is 0 Å². The predicted molar refractivity (Wildman–Crippen MR) is 49.0 cm³/mol. The number of nitrogens with two attached hydrogens (primary N) is 1. The number of anilines is 1. The number of aromatic nitrogens is 3. The Morgan fingerprint density at radius 3 is 2.46 bits per heavy atom. The number of Topliss-reactive ketones (excluding diaryl/α,β-unsaturated/α-hetero) is 1. The maximum atomic E-state index is 11.5. The van der Waals surface area contributed by atoms with Crippen molar-refractivity contribution in [3.8, 4) is 0 Å². The van der Waals surface area contributed by atoms with E-state index in [2.05, 4.69) is 15.2 Å². The van der Waals surface area contributed by atoms with Crippen molar-refractivity contribution < 1.29 is 4.79 Å². The summed E-state index contributed by atoms with van der Waals surface area (Å²) in [5.74, 6) is 0.887. The van der Waals surface area contributed by atoms with Crippen LogP contribution in [0, 0.1) is 5.41 Å². The summed E-state index contributed by atoms with van der Waals surface area (Å²) >= 11 is 0. The average molecular weight is 182 g/mol.